The SMILES string of the molecule is Cc1ccc(NC(=O)CC2COCCN2)c(Br)c1. The summed E-state index contributed by atoms with van der Waals surface area (Å²) in [7, 11) is 0. The number of carbonyl (C=O) groups excluding carboxylic acids is 1. The van der Waals surface area contributed by atoms with Gasteiger partial charge in [-0.05, 0) is 40.5 Å². The van der Waals surface area contributed by atoms with Crippen LogP contribution in [0.2, 0.25) is 0 Å². The fourth-order valence-electron chi connectivity index (χ4n) is 1.90. The minimum atomic E-state index is 0.00236. The summed E-state index contributed by atoms with van der Waals surface area (Å²) in [5.74, 6) is 0.00236. The summed E-state index contributed by atoms with van der Waals surface area (Å²) >= 11 is 3.45. The van der Waals surface area contributed by atoms with Crippen LogP contribution in [0.3, 0.4) is 0 Å². The average molecular weight is 313 g/mol. The van der Waals surface area contributed by atoms with E-state index in [0.29, 0.717) is 13.0 Å². The van der Waals surface area contributed by atoms with Gasteiger partial charge in [0.05, 0.1) is 18.9 Å². The fourth-order valence-corrected chi connectivity index (χ4v) is 2.49. The lowest BCUT2D eigenvalue weighted by atomic mass is 10.2. The molecule has 1 atom stereocenters. The van der Waals surface area contributed by atoms with Crippen molar-refractivity contribution in [2.24, 2.45) is 0 Å². The molecule has 5 heteroatoms. The lowest BCUT2D eigenvalue weighted by molar-refractivity contribution is -0.117. The molecule has 1 aliphatic heterocycles. The summed E-state index contributed by atoms with van der Waals surface area (Å²) in [6.45, 7) is 4.15. The first kappa shape index (κ1) is 13.5. The van der Waals surface area contributed by atoms with Crippen LogP contribution in [0.4, 0.5) is 5.69 Å². The molecule has 1 amide bonds. The Labute approximate surface area is 115 Å². The highest BCUT2D eigenvalue weighted by atomic mass is 79.9. The molecular formula is C13H17BrN2O2. The zero-order chi connectivity index (χ0) is 13.0. The number of anilines is 1. The first-order valence-electron chi connectivity index (χ1n) is 6.02. The number of nitrogens with one attached hydrogen (secondary N) is 2. The Morgan fingerprint density at radius 3 is 3.11 bits per heavy atom. The molecule has 1 aliphatic rings. The van der Waals surface area contributed by atoms with E-state index in [2.05, 4.69) is 26.6 Å². The Balaban J connectivity index is 1.90. The van der Waals surface area contributed by atoms with E-state index < -0.39 is 0 Å². The highest BCUT2D eigenvalue weighted by Crippen LogP contribution is 2.23. The zero-order valence-corrected chi connectivity index (χ0v) is 11.9. The molecule has 0 aromatic heterocycles. The van der Waals surface area contributed by atoms with E-state index in [9.17, 15) is 4.79 Å². The molecule has 2 N–H and O–H groups in total. The topological polar surface area (TPSA) is 50.4 Å². The number of aryl methyl sites for hydroxylation is 1. The van der Waals surface area contributed by atoms with Gasteiger partial charge < -0.3 is 15.4 Å². The second-order valence-electron chi connectivity index (χ2n) is 4.46. The van der Waals surface area contributed by atoms with Crippen molar-refractivity contribution in [2.45, 2.75) is 19.4 Å². The van der Waals surface area contributed by atoms with E-state index in [1.165, 1.54) is 0 Å². The van der Waals surface area contributed by atoms with Crippen LogP contribution in [-0.2, 0) is 9.53 Å². The Hall–Kier alpha value is -0.910. The number of ether oxygens (including phenoxy) is 1. The number of morpholine rings is 1. The van der Waals surface area contributed by atoms with Crippen molar-refractivity contribution in [3.63, 3.8) is 0 Å². The standard InChI is InChI=1S/C13H17BrN2O2/c1-9-2-3-12(11(14)6-9)16-13(17)7-10-8-18-5-4-15-10/h2-3,6,10,15H,4-5,7-8H2,1H3,(H,16,17). The van der Waals surface area contributed by atoms with Crippen LogP contribution < -0.4 is 10.6 Å². The molecule has 2 rings (SSSR count). The summed E-state index contributed by atoms with van der Waals surface area (Å²) < 4.78 is 6.23. The van der Waals surface area contributed by atoms with E-state index in [4.69, 9.17) is 4.74 Å². The van der Waals surface area contributed by atoms with Crippen LogP contribution in [0, 0.1) is 6.92 Å². The van der Waals surface area contributed by atoms with Gasteiger partial charge in [0, 0.05) is 23.5 Å². The van der Waals surface area contributed by atoms with Crippen LogP contribution in [-0.4, -0.2) is 31.7 Å². The van der Waals surface area contributed by atoms with E-state index in [1.54, 1.807) is 0 Å². The van der Waals surface area contributed by atoms with Gasteiger partial charge in [-0.1, -0.05) is 6.07 Å². The first-order valence-corrected chi connectivity index (χ1v) is 6.81. The molecule has 98 valence electrons. The van der Waals surface area contributed by atoms with Gasteiger partial charge in [-0.25, -0.2) is 0 Å². The number of hydrogen-bond acceptors (Lipinski definition) is 3. The Kier molecular flexibility index (Phi) is 4.74. The van der Waals surface area contributed by atoms with Crippen LogP contribution in [0.5, 0.6) is 0 Å². The predicted octanol–water partition coefficient (Wildman–Crippen LogP) is 2.07. The van der Waals surface area contributed by atoms with Crippen molar-refractivity contribution < 1.29 is 9.53 Å². The van der Waals surface area contributed by atoms with Crippen molar-refractivity contribution >= 4 is 27.5 Å². The van der Waals surface area contributed by atoms with E-state index >= 15 is 0 Å². The molecule has 18 heavy (non-hydrogen) atoms. The molecule has 0 bridgehead atoms. The van der Waals surface area contributed by atoms with Gasteiger partial charge in [0.1, 0.15) is 0 Å². The summed E-state index contributed by atoms with van der Waals surface area (Å²) in [6, 6.07) is 5.98. The minimum absolute atomic E-state index is 0.00236. The first-order chi connectivity index (χ1) is 8.65. The average Bonchev–Trinajstić information content (AvgIpc) is 2.34. The number of carbonyl (C=O) groups is 1. The maximum absolute atomic E-state index is 11.9. The van der Waals surface area contributed by atoms with Crippen LogP contribution in [0.1, 0.15) is 12.0 Å². The lowest BCUT2D eigenvalue weighted by Crippen LogP contribution is -2.43. The van der Waals surface area contributed by atoms with E-state index in [1.807, 2.05) is 25.1 Å². The van der Waals surface area contributed by atoms with Gasteiger partial charge in [-0.3, -0.25) is 4.79 Å². The summed E-state index contributed by atoms with van der Waals surface area (Å²) in [5, 5.41) is 6.17. The Bertz CT molecular complexity index is 431. The monoisotopic (exact) mass is 312 g/mol. The van der Waals surface area contributed by atoms with Crippen LogP contribution >= 0.6 is 15.9 Å². The number of benzene rings is 1. The van der Waals surface area contributed by atoms with Gasteiger partial charge in [-0.15, -0.1) is 0 Å². The minimum Gasteiger partial charge on any atom is -0.378 e. The second kappa shape index (κ2) is 6.31. The smallest absolute Gasteiger partial charge is 0.226 e. The highest BCUT2D eigenvalue weighted by Gasteiger charge is 2.17. The molecule has 1 aromatic rings. The quantitative estimate of drug-likeness (QED) is 0.898. The molecular weight excluding hydrogens is 296 g/mol. The summed E-state index contributed by atoms with van der Waals surface area (Å²) in [5.41, 5.74) is 1.96. The van der Waals surface area contributed by atoms with Gasteiger partial charge in [-0.2, -0.15) is 0 Å². The third kappa shape index (κ3) is 3.80. The zero-order valence-electron chi connectivity index (χ0n) is 10.3. The third-order valence-corrected chi connectivity index (χ3v) is 3.49. The van der Waals surface area contributed by atoms with Crippen molar-refractivity contribution in [1.82, 2.24) is 5.32 Å². The van der Waals surface area contributed by atoms with Crippen LogP contribution in [0.15, 0.2) is 22.7 Å². The largest absolute Gasteiger partial charge is 0.378 e. The maximum atomic E-state index is 11.9. The third-order valence-electron chi connectivity index (χ3n) is 2.83. The van der Waals surface area contributed by atoms with E-state index in [-0.39, 0.29) is 11.9 Å². The predicted molar refractivity (Wildman–Crippen MR) is 74.7 cm³/mol. The second-order valence-corrected chi connectivity index (χ2v) is 5.32. The van der Waals surface area contributed by atoms with Gasteiger partial charge in [0.25, 0.3) is 0 Å². The molecule has 4 nitrogen and oxygen atoms in total. The molecule has 0 aliphatic carbocycles. The molecule has 1 unspecified atom stereocenters. The number of hydrogen-bond donors (Lipinski definition) is 2. The van der Waals surface area contributed by atoms with Crippen molar-refractivity contribution in [1.29, 1.82) is 0 Å². The molecule has 0 radical (unpaired) electrons. The molecule has 1 saturated heterocycles. The van der Waals surface area contributed by atoms with Crippen molar-refractivity contribution in [2.75, 3.05) is 25.1 Å². The fraction of sp³-hybridized carbons (Fsp3) is 0.462. The number of halogens is 1. The van der Waals surface area contributed by atoms with Gasteiger partial charge in [0.15, 0.2) is 0 Å². The number of amides is 1. The maximum Gasteiger partial charge on any atom is 0.226 e. The Morgan fingerprint density at radius 2 is 2.44 bits per heavy atom. The highest BCUT2D eigenvalue weighted by molar-refractivity contribution is 9.10. The van der Waals surface area contributed by atoms with E-state index in [0.717, 1.165) is 28.9 Å². The molecule has 0 saturated carbocycles. The summed E-state index contributed by atoms with van der Waals surface area (Å²) in [4.78, 5) is 11.9. The molecule has 0 spiro atoms. The molecule has 1 heterocycles. The van der Waals surface area contributed by atoms with Crippen LogP contribution in [0.25, 0.3) is 0 Å². The molecule has 1 fully saturated rings. The lowest BCUT2D eigenvalue weighted by Gasteiger charge is -2.23. The molecule has 1 aromatic carbocycles. The Morgan fingerprint density at radius 1 is 1.61 bits per heavy atom. The van der Waals surface area contributed by atoms with Gasteiger partial charge in [0.2, 0.25) is 5.91 Å². The van der Waals surface area contributed by atoms with Crippen molar-refractivity contribution in [3.05, 3.63) is 28.2 Å². The summed E-state index contributed by atoms with van der Waals surface area (Å²) in [6.07, 6.45) is 0.431. The van der Waals surface area contributed by atoms with Gasteiger partial charge >= 0.3 is 0 Å². The van der Waals surface area contributed by atoms with Crippen molar-refractivity contribution in [3.8, 4) is 0 Å². The normalized spacial score (nSPS) is 19.6. The number of rotatable bonds is 3.